The fourth-order valence-corrected chi connectivity index (χ4v) is 5.25. The first kappa shape index (κ1) is 18.7. The number of sulfonamides is 1. The van der Waals surface area contributed by atoms with Crippen molar-refractivity contribution in [1.82, 2.24) is 14.9 Å². The van der Waals surface area contributed by atoms with E-state index >= 15 is 0 Å². The van der Waals surface area contributed by atoms with E-state index in [0.29, 0.717) is 49.8 Å². The Labute approximate surface area is 164 Å². The number of hydrogen-bond acceptors (Lipinski definition) is 6. The summed E-state index contributed by atoms with van der Waals surface area (Å²) in [5.74, 6) is 0.656. The molecule has 0 unspecified atom stereocenters. The molecule has 0 bridgehead atoms. The summed E-state index contributed by atoms with van der Waals surface area (Å²) in [5, 5.41) is 0. The van der Waals surface area contributed by atoms with Crippen LogP contribution in [0.3, 0.4) is 0 Å². The summed E-state index contributed by atoms with van der Waals surface area (Å²) < 4.78 is 25.6. The quantitative estimate of drug-likeness (QED) is 0.767. The van der Waals surface area contributed by atoms with E-state index in [1.54, 1.807) is 30.6 Å². The van der Waals surface area contributed by atoms with Crippen LogP contribution >= 0.6 is 0 Å². The molecular weight excluding hydrogens is 378 g/mol. The average molecular weight is 401 g/mol. The Balaban J connectivity index is 1.48. The highest BCUT2D eigenvalue weighted by Gasteiger charge is 2.33. The summed E-state index contributed by atoms with van der Waals surface area (Å²) in [5.41, 5.74) is 2.18. The van der Waals surface area contributed by atoms with Gasteiger partial charge >= 0.3 is 0 Å². The maximum Gasteiger partial charge on any atom is 0.253 e. The van der Waals surface area contributed by atoms with Gasteiger partial charge in [0, 0.05) is 50.2 Å². The van der Waals surface area contributed by atoms with Crippen molar-refractivity contribution in [2.75, 3.05) is 41.6 Å². The molecule has 28 heavy (non-hydrogen) atoms. The van der Waals surface area contributed by atoms with Crippen molar-refractivity contribution in [1.29, 1.82) is 0 Å². The van der Waals surface area contributed by atoms with E-state index in [1.807, 2.05) is 17.9 Å². The second kappa shape index (κ2) is 7.05. The summed E-state index contributed by atoms with van der Waals surface area (Å²) in [7, 11) is -3.33. The van der Waals surface area contributed by atoms with Gasteiger partial charge < -0.3 is 9.80 Å². The first-order valence-electron chi connectivity index (χ1n) is 9.28. The van der Waals surface area contributed by atoms with Gasteiger partial charge in [-0.05, 0) is 43.2 Å². The molecule has 0 N–H and O–H groups in total. The van der Waals surface area contributed by atoms with Crippen LogP contribution in [0.1, 0.15) is 22.8 Å². The van der Waals surface area contributed by atoms with Crippen molar-refractivity contribution in [2.45, 2.75) is 19.4 Å². The third-order valence-electron chi connectivity index (χ3n) is 5.24. The van der Waals surface area contributed by atoms with Gasteiger partial charge in [0.25, 0.3) is 5.91 Å². The molecule has 2 aliphatic heterocycles. The van der Waals surface area contributed by atoms with Crippen molar-refractivity contribution in [2.24, 2.45) is 0 Å². The minimum absolute atomic E-state index is 0.0260. The van der Waals surface area contributed by atoms with Crippen molar-refractivity contribution >= 4 is 27.6 Å². The molecule has 2 aliphatic rings. The molecule has 0 radical (unpaired) electrons. The van der Waals surface area contributed by atoms with Gasteiger partial charge in [0.1, 0.15) is 0 Å². The van der Waals surface area contributed by atoms with E-state index in [0.717, 1.165) is 5.56 Å². The van der Waals surface area contributed by atoms with Crippen molar-refractivity contribution in [3.63, 3.8) is 0 Å². The maximum atomic E-state index is 12.9. The lowest BCUT2D eigenvalue weighted by Crippen LogP contribution is -2.49. The zero-order valence-corrected chi connectivity index (χ0v) is 16.8. The molecule has 2 aromatic rings. The van der Waals surface area contributed by atoms with Crippen molar-refractivity contribution in [3.8, 4) is 0 Å². The predicted octanol–water partition coefficient (Wildman–Crippen LogP) is 1.15. The molecule has 1 atom stereocenters. The SMILES string of the molecule is C[C@H]1Cc2cc(C(=O)N3CCN(c4ncccn4)CC3)ccc2N1S(C)(=O)=O. The lowest BCUT2D eigenvalue weighted by atomic mass is 10.1. The molecule has 1 fully saturated rings. The summed E-state index contributed by atoms with van der Waals surface area (Å²) in [6, 6.07) is 6.96. The molecular formula is C19H23N5O3S. The van der Waals surface area contributed by atoms with Crippen LogP contribution in [0.25, 0.3) is 0 Å². The van der Waals surface area contributed by atoms with Crippen LogP contribution in [-0.2, 0) is 16.4 Å². The molecule has 1 aromatic heterocycles. The Kier molecular flexibility index (Phi) is 4.70. The number of anilines is 2. The molecule has 0 aliphatic carbocycles. The second-order valence-electron chi connectivity index (χ2n) is 7.28. The largest absolute Gasteiger partial charge is 0.337 e. The Hall–Kier alpha value is -2.68. The van der Waals surface area contributed by atoms with Crippen LogP contribution in [0.2, 0.25) is 0 Å². The highest BCUT2D eigenvalue weighted by molar-refractivity contribution is 7.92. The third kappa shape index (κ3) is 3.42. The summed E-state index contributed by atoms with van der Waals surface area (Å²) in [6.07, 6.45) is 5.26. The van der Waals surface area contributed by atoms with Gasteiger partial charge in [-0.3, -0.25) is 9.10 Å². The van der Waals surface area contributed by atoms with Gasteiger partial charge in [0.2, 0.25) is 16.0 Å². The second-order valence-corrected chi connectivity index (χ2v) is 9.14. The molecule has 1 aromatic carbocycles. The van der Waals surface area contributed by atoms with Gasteiger partial charge in [0.15, 0.2) is 0 Å². The summed E-state index contributed by atoms with van der Waals surface area (Å²) in [6.45, 7) is 4.44. The Morgan fingerprint density at radius 1 is 1.11 bits per heavy atom. The van der Waals surface area contributed by atoms with Gasteiger partial charge in [-0.25, -0.2) is 18.4 Å². The third-order valence-corrected chi connectivity index (χ3v) is 6.51. The first-order valence-corrected chi connectivity index (χ1v) is 11.1. The van der Waals surface area contributed by atoms with Crippen molar-refractivity contribution < 1.29 is 13.2 Å². The number of hydrogen-bond donors (Lipinski definition) is 0. The van der Waals surface area contributed by atoms with Gasteiger partial charge in [-0.2, -0.15) is 0 Å². The Morgan fingerprint density at radius 2 is 1.79 bits per heavy atom. The van der Waals surface area contributed by atoms with Crippen LogP contribution in [0.15, 0.2) is 36.7 Å². The number of benzene rings is 1. The number of aromatic nitrogens is 2. The Morgan fingerprint density at radius 3 is 2.43 bits per heavy atom. The molecule has 1 amide bonds. The molecule has 4 rings (SSSR count). The number of piperazine rings is 1. The average Bonchev–Trinajstić information content (AvgIpc) is 3.03. The first-order chi connectivity index (χ1) is 13.3. The lowest BCUT2D eigenvalue weighted by molar-refractivity contribution is 0.0746. The number of carbonyl (C=O) groups is 1. The number of carbonyl (C=O) groups excluding carboxylic acids is 1. The molecule has 0 saturated carbocycles. The fourth-order valence-electron chi connectivity index (χ4n) is 3.99. The Bertz CT molecular complexity index is 988. The summed E-state index contributed by atoms with van der Waals surface area (Å²) >= 11 is 0. The molecule has 1 saturated heterocycles. The van der Waals surface area contributed by atoms with E-state index < -0.39 is 10.0 Å². The minimum Gasteiger partial charge on any atom is -0.337 e. The monoisotopic (exact) mass is 401 g/mol. The molecule has 148 valence electrons. The van der Waals surface area contributed by atoms with Crippen LogP contribution in [-0.4, -0.2) is 67.7 Å². The van der Waals surface area contributed by atoms with E-state index in [9.17, 15) is 13.2 Å². The van der Waals surface area contributed by atoms with E-state index in [-0.39, 0.29) is 11.9 Å². The van der Waals surface area contributed by atoms with Crippen LogP contribution in [0.4, 0.5) is 11.6 Å². The predicted molar refractivity (Wildman–Crippen MR) is 107 cm³/mol. The smallest absolute Gasteiger partial charge is 0.253 e. The highest BCUT2D eigenvalue weighted by Crippen LogP contribution is 2.35. The lowest BCUT2D eigenvalue weighted by Gasteiger charge is -2.34. The zero-order valence-electron chi connectivity index (χ0n) is 15.9. The zero-order chi connectivity index (χ0) is 19.9. The minimum atomic E-state index is -3.33. The van der Waals surface area contributed by atoms with Crippen molar-refractivity contribution in [3.05, 3.63) is 47.8 Å². The van der Waals surface area contributed by atoms with E-state index in [1.165, 1.54) is 10.6 Å². The highest BCUT2D eigenvalue weighted by atomic mass is 32.2. The number of amides is 1. The van der Waals surface area contributed by atoms with Crippen LogP contribution in [0, 0.1) is 0 Å². The topological polar surface area (TPSA) is 86.7 Å². The number of rotatable bonds is 3. The maximum absolute atomic E-state index is 12.9. The van der Waals surface area contributed by atoms with Crippen LogP contribution in [0.5, 0.6) is 0 Å². The molecule has 8 nitrogen and oxygen atoms in total. The summed E-state index contributed by atoms with van der Waals surface area (Å²) in [4.78, 5) is 25.4. The molecule has 0 spiro atoms. The van der Waals surface area contributed by atoms with Gasteiger partial charge in [-0.15, -0.1) is 0 Å². The molecule has 3 heterocycles. The fraction of sp³-hybridized carbons (Fsp3) is 0.421. The van der Waals surface area contributed by atoms with E-state index in [2.05, 4.69) is 14.9 Å². The number of fused-ring (bicyclic) bond motifs is 1. The van der Waals surface area contributed by atoms with E-state index in [4.69, 9.17) is 0 Å². The number of nitrogens with zero attached hydrogens (tertiary/aromatic N) is 5. The standard InChI is InChI=1S/C19H23N5O3S/c1-14-12-16-13-15(4-5-17(16)24(14)28(2,26)27)18(25)22-8-10-23(11-9-22)19-20-6-3-7-21-19/h3-7,13-14H,8-12H2,1-2H3/t14-/m0/s1. The molecule has 9 heteroatoms. The normalized spacial score (nSPS) is 19.6. The van der Waals surface area contributed by atoms with Crippen LogP contribution < -0.4 is 9.21 Å². The van der Waals surface area contributed by atoms with Gasteiger partial charge in [0.05, 0.1) is 11.9 Å². The van der Waals surface area contributed by atoms with Gasteiger partial charge in [-0.1, -0.05) is 0 Å².